The Labute approximate surface area is 187 Å². The van der Waals surface area contributed by atoms with E-state index in [9.17, 15) is 13.2 Å². The number of benzene rings is 3. The molecule has 0 bridgehead atoms. The van der Waals surface area contributed by atoms with Crippen molar-refractivity contribution in [2.75, 3.05) is 10.0 Å². The summed E-state index contributed by atoms with van der Waals surface area (Å²) in [6, 6.07) is 18.0. The lowest BCUT2D eigenvalue weighted by Crippen LogP contribution is -2.30. The number of sulfonamides is 1. The molecule has 0 aliphatic rings. The first-order chi connectivity index (χ1) is 14.6. The number of amides is 1. The lowest BCUT2D eigenvalue weighted by Gasteiger charge is -2.15. The monoisotopic (exact) mass is 458 g/mol. The van der Waals surface area contributed by atoms with E-state index >= 15 is 0 Å². The molecule has 1 amide bonds. The maximum atomic E-state index is 12.6. The highest BCUT2D eigenvalue weighted by molar-refractivity contribution is 7.92. The number of hydrogen-bond acceptors (Lipinski definition) is 4. The van der Waals surface area contributed by atoms with Crippen molar-refractivity contribution in [3.63, 3.8) is 0 Å². The molecule has 1 atom stereocenters. The first-order valence-corrected chi connectivity index (χ1v) is 11.4. The summed E-state index contributed by atoms with van der Waals surface area (Å²) in [4.78, 5) is 12.5. The Balaban J connectivity index is 1.63. The number of carbonyl (C=O) groups is 1. The highest BCUT2D eigenvalue weighted by Gasteiger charge is 2.17. The van der Waals surface area contributed by atoms with Crippen LogP contribution in [0.1, 0.15) is 18.1 Å². The van der Waals surface area contributed by atoms with E-state index in [-0.39, 0.29) is 10.8 Å². The Morgan fingerprint density at radius 1 is 0.903 bits per heavy atom. The predicted molar refractivity (Wildman–Crippen MR) is 123 cm³/mol. The fourth-order valence-corrected chi connectivity index (χ4v) is 3.93. The first kappa shape index (κ1) is 22.7. The summed E-state index contributed by atoms with van der Waals surface area (Å²) in [6.07, 6.45) is -0.754. The molecule has 6 nitrogen and oxygen atoms in total. The summed E-state index contributed by atoms with van der Waals surface area (Å²) >= 11 is 5.84. The van der Waals surface area contributed by atoms with Crippen LogP contribution in [0.15, 0.2) is 71.6 Å². The summed E-state index contributed by atoms with van der Waals surface area (Å²) < 4.78 is 33.4. The number of anilines is 2. The molecule has 0 fully saturated rings. The number of aryl methyl sites for hydroxylation is 2. The van der Waals surface area contributed by atoms with Crippen molar-refractivity contribution in [2.45, 2.75) is 31.8 Å². The Kier molecular flexibility index (Phi) is 6.87. The first-order valence-electron chi connectivity index (χ1n) is 9.57. The molecule has 162 valence electrons. The van der Waals surface area contributed by atoms with Crippen molar-refractivity contribution in [1.82, 2.24) is 0 Å². The van der Waals surface area contributed by atoms with Gasteiger partial charge in [-0.15, -0.1) is 0 Å². The zero-order valence-corrected chi connectivity index (χ0v) is 18.9. The molecule has 31 heavy (non-hydrogen) atoms. The summed E-state index contributed by atoms with van der Waals surface area (Å²) in [5, 5.41) is 3.29. The van der Waals surface area contributed by atoms with Gasteiger partial charge in [0.25, 0.3) is 15.9 Å². The van der Waals surface area contributed by atoms with Crippen molar-refractivity contribution in [3.8, 4) is 5.75 Å². The minimum absolute atomic E-state index is 0.0918. The molecule has 0 saturated carbocycles. The molecular formula is C23H23ClN2O4S. The van der Waals surface area contributed by atoms with Crippen LogP contribution in [0.3, 0.4) is 0 Å². The van der Waals surface area contributed by atoms with Crippen LogP contribution in [0.5, 0.6) is 5.75 Å². The van der Waals surface area contributed by atoms with Gasteiger partial charge in [-0.05, 0) is 92.6 Å². The van der Waals surface area contributed by atoms with E-state index in [1.54, 1.807) is 43.3 Å². The van der Waals surface area contributed by atoms with Gasteiger partial charge in [0.05, 0.1) is 4.90 Å². The lowest BCUT2D eigenvalue weighted by atomic mass is 10.1. The largest absolute Gasteiger partial charge is 0.481 e. The van der Waals surface area contributed by atoms with Gasteiger partial charge in [-0.1, -0.05) is 17.7 Å². The summed E-state index contributed by atoms with van der Waals surface area (Å²) in [5.74, 6) is 0.157. The molecule has 3 aromatic carbocycles. The molecule has 3 rings (SSSR count). The SMILES string of the molecule is Cc1ccc(NS(=O)(=O)c2ccc(NC(=O)C(C)Oc3ccc(Cl)cc3)cc2)cc1C. The third-order valence-corrected chi connectivity index (χ3v) is 6.34. The van der Waals surface area contributed by atoms with E-state index in [0.29, 0.717) is 22.1 Å². The Morgan fingerprint density at radius 3 is 2.13 bits per heavy atom. The maximum absolute atomic E-state index is 12.6. The van der Waals surface area contributed by atoms with Crippen LogP contribution in [-0.4, -0.2) is 20.4 Å². The minimum atomic E-state index is -3.75. The topological polar surface area (TPSA) is 84.5 Å². The highest BCUT2D eigenvalue weighted by Crippen LogP contribution is 2.21. The highest BCUT2D eigenvalue weighted by atomic mass is 35.5. The number of hydrogen-bond donors (Lipinski definition) is 2. The number of carbonyl (C=O) groups excluding carboxylic acids is 1. The fraction of sp³-hybridized carbons (Fsp3) is 0.174. The quantitative estimate of drug-likeness (QED) is 0.512. The number of rotatable bonds is 7. The van der Waals surface area contributed by atoms with Gasteiger partial charge in [0.1, 0.15) is 5.75 Å². The van der Waals surface area contributed by atoms with Crippen LogP contribution < -0.4 is 14.8 Å². The molecule has 0 heterocycles. The van der Waals surface area contributed by atoms with Gasteiger partial charge in [-0.2, -0.15) is 0 Å². The summed E-state index contributed by atoms with van der Waals surface area (Å²) in [7, 11) is -3.75. The van der Waals surface area contributed by atoms with E-state index in [4.69, 9.17) is 16.3 Å². The molecule has 0 aromatic heterocycles. The average Bonchev–Trinajstić information content (AvgIpc) is 2.72. The smallest absolute Gasteiger partial charge is 0.265 e. The third kappa shape index (κ3) is 5.99. The van der Waals surface area contributed by atoms with Gasteiger partial charge in [0.15, 0.2) is 6.10 Å². The van der Waals surface area contributed by atoms with Gasteiger partial charge < -0.3 is 10.1 Å². The van der Waals surface area contributed by atoms with Crippen LogP contribution in [0, 0.1) is 13.8 Å². The molecule has 8 heteroatoms. The predicted octanol–water partition coefficient (Wildman–Crippen LogP) is 5.16. The Morgan fingerprint density at radius 2 is 1.52 bits per heavy atom. The number of ether oxygens (including phenoxy) is 1. The Bertz CT molecular complexity index is 1180. The molecule has 2 N–H and O–H groups in total. The average molecular weight is 459 g/mol. The van der Waals surface area contributed by atoms with Gasteiger partial charge >= 0.3 is 0 Å². The molecule has 0 saturated heterocycles. The normalized spacial score (nSPS) is 12.1. The molecule has 0 radical (unpaired) electrons. The van der Waals surface area contributed by atoms with Crippen LogP contribution in [0.4, 0.5) is 11.4 Å². The maximum Gasteiger partial charge on any atom is 0.265 e. The minimum Gasteiger partial charge on any atom is -0.481 e. The van der Waals surface area contributed by atoms with E-state index < -0.39 is 16.1 Å². The molecule has 0 aliphatic carbocycles. The van der Waals surface area contributed by atoms with Crippen molar-refractivity contribution in [1.29, 1.82) is 0 Å². The third-order valence-electron chi connectivity index (χ3n) is 4.69. The van der Waals surface area contributed by atoms with Crippen molar-refractivity contribution < 1.29 is 17.9 Å². The summed E-state index contributed by atoms with van der Waals surface area (Å²) in [6.45, 7) is 5.50. The van der Waals surface area contributed by atoms with Crippen molar-refractivity contribution in [2.24, 2.45) is 0 Å². The van der Waals surface area contributed by atoms with Crippen LogP contribution in [0.25, 0.3) is 0 Å². The molecule has 0 spiro atoms. The van der Waals surface area contributed by atoms with E-state index in [2.05, 4.69) is 10.0 Å². The van der Waals surface area contributed by atoms with Crippen LogP contribution in [0.2, 0.25) is 5.02 Å². The second-order valence-electron chi connectivity index (χ2n) is 7.13. The zero-order chi connectivity index (χ0) is 22.6. The standard InChI is InChI=1S/C23H23ClN2O4S/c1-15-4-7-20(14-16(15)2)26-31(28,29)22-12-8-19(9-13-22)25-23(27)17(3)30-21-10-5-18(24)6-11-21/h4-14,17,26H,1-3H3,(H,25,27). The van der Waals surface area contributed by atoms with Gasteiger partial charge in [0, 0.05) is 16.4 Å². The fourth-order valence-electron chi connectivity index (χ4n) is 2.75. The van der Waals surface area contributed by atoms with Crippen LogP contribution >= 0.6 is 11.6 Å². The van der Waals surface area contributed by atoms with Crippen LogP contribution in [-0.2, 0) is 14.8 Å². The van der Waals surface area contributed by atoms with Gasteiger partial charge in [0.2, 0.25) is 0 Å². The second kappa shape index (κ2) is 9.41. The molecule has 1 unspecified atom stereocenters. The molecule has 0 aliphatic heterocycles. The van der Waals surface area contributed by atoms with E-state index in [1.807, 2.05) is 19.9 Å². The van der Waals surface area contributed by atoms with E-state index in [1.165, 1.54) is 24.3 Å². The van der Waals surface area contributed by atoms with Crippen molar-refractivity contribution >= 4 is 38.9 Å². The van der Waals surface area contributed by atoms with E-state index in [0.717, 1.165) is 11.1 Å². The lowest BCUT2D eigenvalue weighted by molar-refractivity contribution is -0.122. The Hall–Kier alpha value is -3.03. The molecular weight excluding hydrogens is 436 g/mol. The van der Waals surface area contributed by atoms with Gasteiger partial charge in [-0.25, -0.2) is 8.42 Å². The summed E-state index contributed by atoms with van der Waals surface area (Å²) in [5.41, 5.74) is 3.03. The number of halogens is 1. The second-order valence-corrected chi connectivity index (χ2v) is 9.25. The zero-order valence-electron chi connectivity index (χ0n) is 17.3. The number of nitrogens with one attached hydrogen (secondary N) is 2. The van der Waals surface area contributed by atoms with Crippen molar-refractivity contribution in [3.05, 3.63) is 82.9 Å². The molecule has 3 aromatic rings. The van der Waals surface area contributed by atoms with Gasteiger partial charge in [-0.3, -0.25) is 9.52 Å².